The number of carbonyl (C=O) groups is 1. The van der Waals surface area contributed by atoms with Gasteiger partial charge in [0.05, 0.1) is 23.0 Å². The molecule has 2 heterocycles. The van der Waals surface area contributed by atoms with Crippen LogP contribution < -0.4 is 10.6 Å². The van der Waals surface area contributed by atoms with Gasteiger partial charge in [0, 0.05) is 31.1 Å². The Hall–Kier alpha value is -3.79. The molecule has 0 bridgehead atoms. The fourth-order valence-electron chi connectivity index (χ4n) is 4.61. The molecule has 0 atom stereocenters. The van der Waals surface area contributed by atoms with E-state index in [0.717, 1.165) is 38.0 Å². The molecule has 2 N–H and O–H groups in total. The van der Waals surface area contributed by atoms with E-state index in [2.05, 4.69) is 37.6 Å². The minimum Gasteiger partial charge on any atom is -0.466 e. The molecule has 36 heavy (non-hydrogen) atoms. The molecule has 1 aromatic heterocycles. The molecule has 1 aliphatic rings. The lowest BCUT2D eigenvalue weighted by molar-refractivity contribution is -0.383. The topological polar surface area (TPSA) is 123 Å². The largest absolute Gasteiger partial charge is 0.466 e. The van der Waals surface area contributed by atoms with Gasteiger partial charge < -0.3 is 15.4 Å². The number of ether oxygens (including phenoxy) is 1. The van der Waals surface area contributed by atoms with Crippen LogP contribution >= 0.6 is 0 Å². The summed E-state index contributed by atoms with van der Waals surface area (Å²) in [5, 5.41) is 18.6. The highest BCUT2D eigenvalue weighted by molar-refractivity contribution is 5.94. The van der Waals surface area contributed by atoms with Gasteiger partial charge in [0.1, 0.15) is 17.8 Å². The van der Waals surface area contributed by atoms with Gasteiger partial charge in [0.2, 0.25) is 0 Å². The highest BCUT2D eigenvalue weighted by Crippen LogP contribution is 2.32. The minimum atomic E-state index is -0.394. The fraction of sp³-hybridized carbons (Fsp3) is 0.423. The van der Waals surface area contributed by atoms with Crippen LogP contribution in [0.3, 0.4) is 0 Å². The molecule has 1 saturated heterocycles. The van der Waals surface area contributed by atoms with Crippen LogP contribution in [-0.2, 0) is 22.6 Å². The summed E-state index contributed by atoms with van der Waals surface area (Å²) in [5.74, 6) is 0.453. The zero-order valence-corrected chi connectivity index (χ0v) is 20.7. The highest BCUT2D eigenvalue weighted by Gasteiger charge is 2.26. The van der Waals surface area contributed by atoms with Crippen LogP contribution in [0.25, 0.3) is 10.9 Å². The Morgan fingerprint density at radius 3 is 2.58 bits per heavy atom. The summed E-state index contributed by atoms with van der Waals surface area (Å²) in [4.78, 5) is 34.3. The van der Waals surface area contributed by atoms with Crippen molar-refractivity contribution in [1.29, 1.82) is 0 Å². The van der Waals surface area contributed by atoms with Crippen LogP contribution in [0.5, 0.6) is 0 Å². The van der Waals surface area contributed by atoms with Crippen LogP contribution in [0.2, 0.25) is 0 Å². The molecule has 0 saturated carbocycles. The lowest BCUT2D eigenvalue weighted by Gasteiger charge is -2.31. The number of fused-ring (bicyclic) bond motifs is 1. The Balaban J connectivity index is 1.47. The first kappa shape index (κ1) is 25.3. The molecule has 10 heteroatoms. The Bertz CT molecular complexity index is 1230. The maximum atomic E-state index is 12.0. The number of nitrogens with zero attached hydrogens (tertiary/aromatic N) is 4. The quantitative estimate of drug-likeness (QED) is 0.241. The third kappa shape index (κ3) is 5.88. The van der Waals surface area contributed by atoms with E-state index in [9.17, 15) is 14.9 Å². The molecule has 4 rings (SSSR count). The van der Waals surface area contributed by atoms with Crippen LogP contribution in [0.1, 0.15) is 37.8 Å². The number of piperidine rings is 1. The van der Waals surface area contributed by atoms with Crippen molar-refractivity contribution in [2.75, 3.05) is 36.9 Å². The standard InChI is InChI=1S/C26H32N6O4/c1-3-27-23-14-22-21(13-24(23)32(34)35)25(30-17-29-22)28-15-19-7-5-6-8-20(19)16-31-11-9-18(10-12-31)26(33)36-4-2/h5-8,13-14,17-18,27H,3-4,9-12,15-16H2,1-2H3,(H,28,29,30). The van der Waals surface area contributed by atoms with Crippen LogP contribution in [0.4, 0.5) is 17.2 Å². The second kappa shape index (κ2) is 11.8. The van der Waals surface area contributed by atoms with Crippen molar-refractivity contribution in [2.24, 2.45) is 5.92 Å². The van der Waals surface area contributed by atoms with Gasteiger partial charge in [0.15, 0.2) is 0 Å². The summed E-state index contributed by atoms with van der Waals surface area (Å²) in [6.07, 6.45) is 3.07. The number of esters is 1. The van der Waals surface area contributed by atoms with Gasteiger partial charge in [-0.25, -0.2) is 9.97 Å². The average Bonchev–Trinajstić information content (AvgIpc) is 2.88. The third-order valence-electron chi connectivity index (χ3n) is 6.48. The van der Waals surface area contributed by atoms with Crippen molar-refractivity contribution in [1.82, 2.24) is 14.9 Å². The Labute approximate surface area is 210 Å². The van der Waals surface area contributed by atoms with Crippen LogP contribution in [0.15, 0.2) is 42.7 Å². The van der Waals surface area contributed by atoms with Crippen LogP contribution in [0, 0.1) is 16.0 Å². The zero-order valence-electron chi connectivity index (χ0n) is 20.7. The van der Waals surface area contributed by atoms with Crippen molar-refractivity contribution < 1.29 is 14.5 Å². The summed E-state index contributed by atoms with van der Waals surface area (Å²) >= 11 is 0. The van der Waals surface area contributed by atoms with Gasteiger partial charge in [-0.2, -0.15) is 0 Å². The van der Waals surface area contributed by atoms with E-state index in [1.807, 2.05) is 26.0 Å². The van der Waals surface area contributed by atoms with E-state index in [1.54, 1.807) is 6.07 Å². The summed E-state index contributed by atoms with van der Waals surface area (Å²) in [6.45, 7) is 7.72. The lowest BCUT2D eigenvalue weighted by Crippen LogP contribution is -2.36. The Morgan fingerprint density at radius 2 is 1.89 bits per heavy atom. The number of nitro benzene ring substituents is 1. The number of benzene rings is 2. The minimum absolute atomic E-state index is 0.00572. The molecule has 0 aliphatic carbocycles. The van der Waals surface area contributed by atoms with Crippen molar-refractivity contribution in [2.45, 2.75) is 39.8 Å². The predicted molar refractivity (Wildman–Crippen MR) is 139 cm³/mol. The first-order valence-corrected chi connectivity index (χ1v) is 12.4. The van der Waals surface area contributed by atoms with Gasteiger partial charge in [-0.15, -0.1) is 0 Å². The molecule has 1 aliphatic heterocycles. The lowest BCUT2D eigenvalue weighted by atomic mass is 9.96. The van der Waals surface area contributed by atoms with Crippen LogP contribution in [-0.4, -0.2) is 52.0 Å². The number of aromatic nitrogens is 2. The third-order valence-corrected chi connectivity index (χ3v) is 6.48. The van der Waals surface area contributed by atoms with Crippen molar-refractivity contribution >= 4 is 34.1 Å². The molecule has 2 aromatic carbocycles. The normalized spacial score (nSPS) is 14.5. The second-order valence-electron chi connectivity index (χ2n) is 8.82. The van der Waals surface area contributed by atoms with Gasteiger partial charge in [-0.1, -0.05) is 24.3 Å². The van der Waals surface area contributed by atoms with Gasteiger partial charge >= 0.3 is 5.97 Å². The molecule has 1 fully saturated rings. The molecule has 10 nitrogen and oxygen atoms in total. The number of likely N-dealkylation sites (tertiary alicyclic amines) is 1. The fourth-order valence-corrected chi connectivity index (χ4v) is 4.61. The molecule has 0 amide bonds. The number of nitro groups is 1. The monoisotopic (exact) mass is 492 g/mol. The summed E-state index contributed by atoms with van der Waals surface area (Å²) < 4.78 is 5.18. The van der Waals surface area contributed by atoms with Crippen molar-refractivity contribution in [3.8, 4) is 0 Å². The second-order valence-corrected chi connectivity index (χ2v) is 8.82. The molecule has 0 spiro atoms. The Kier molecular flexibility index (Phi) is 8.27. The molecule has 190 valence electrons. The van der Waals surface area contributed by atoms with Gasteiger partial charge in [-0.05, 0) is 57.0 Å². The smallest absolute Gasteiger partial charge is 0.309 e. The van der Waals surface area contributed by atoms with E-state index in [4.69, 9.17) is 4.74 Å². The van der Waals surface area contributed by atoms with E-state index >= 15 is 0 Å². The molecule has 0 unspecified atom stereocenters. The number of anilines is 2. The number of rotatable bonds is 10. The molecule has 0 radical (unpaired) electrons. The predicted octanol–water partition coefficient (Wildman–Crippen LogP) is 4.36. The SMILES string of the molecule is CCNc1cc2ncnc(NCc3ccccc3CN3CCC(C(=O)OCC)CC3)c2cc1[N+](=O)[O-]. The number of carbonyl (C=O) groups excluding carboxylic acids is 1. The average molecular weight is 493 g/mol. The highest BCUT2D eigenvalue weighted by atomic mass is 16.6. The van der Waals surface area contributed by atoms with Crippen molar-refractivity contribution in [3.05, 3.63) is 64.0 Å². The Morgan fingerprint density at radius 1 is 1.14 bits per heavy atom. The molecule has 3 aromatic rings. The maximum absolute atomic E-state index is 12.0. The first-order valence-electron chi connectivity index (χ1n) is 12.4. The molecular formula is C26H32N6O4. The van der Waals surface area contributed by atoms with Gasteiger partial charge in [-0.3, -0.25) is 19.8 Å². The zero-order chi connectivity index (χ0) is 25.5. The number of hydrogen-bond donors (Lipinski definition) is 2. The summed E-state index contributed by atoms with van der Waals surface area (Å²) in [5.41, 5.74) is 3.38. The summed E-state index contributed by atoms with van der Waals surface area (Å²) in [7, 11) is 0. The van der Waals surface area contributed by atoms with E-state index in [0.29, 0.717) is 42.1 Å². The first-order chi connectivity index (χ1) is 17.5. The van der Waals surface area contributed by atoms with Gasteiger partial charge in [0.25, 0.3) is 5.69 Å². The van der Waals surface area contributed by atoms with Crippen molar-refractivity contribution in [3.63, 3.8) is 0 Å². The van der Waals surface area contributed by atoms with E-state index in [1.165, 1.54) is 18.0 Å². The van der Waals surface area contributed by atoms with E-state index < -0.39 is 4.92 Å². The molecular weight excluding hydrogens is 460 g/mol. The maximum Gasteiger partial charge on any atom is 0.309 e. The summed E-state index contributed by atoms with van der Waals surface area (Å²) in [6, 6.07) is 11.4. The number of nitrogens with one attached hydrogen (secondary N) is 2. The number of hydrogen-bond acceptors (Lipinski definition) is 9. The van der Waals surface area contributed by atoms with E-state index in [-0.39, 0.29) is 17.6 Å².